The molecule has 2 aromatic carbocycles. The number of hydrazone groups is 1. The summed E-state index contributed by atoms with van der Waals surface area (Å²) in [6.07, 6.45) is 7.82. The molecule has 0 aliphatic heterocycles. The summed E-state index contributed by atoms with van der Waals surface area (Å²) in [5, 5.41) is 6.82. The average molecular weight is 505 g/mol. The zero-order valence-corrected chi connectivity index (χ0v) is 20.3. The highest BCUT2D eigenvalue weighted by Crippen LogP contribution is 2.19. The molecule has 1 aliphatic carbocycles. The van der Waals surface area contributed by atoms with Crippen LogP contribution < -0.4 is 19.8 Å². The molecule has 0 bridgehead atoms. The molecule has 0 saturated heterocycles. The predicted octanol–water partition coefficient (Wildman–Crippen LogP) is 2.57. The minimum atomic E-state index is -3.82. The van der Waals surface area contributed by atoms with E-state index in [9.17, 15) is 22.4 Å². The third-order valence-electron chi connectivity index (χ3n) is 5.41. The SMILES string of the molecule is CS(=O)(=O)N(CC(=O)N/N=C\c1ccc(OCC(=O)NC2CCCCC2)cc1)c1cccc(F)c1. The molecule has 0 heterocycles. The van der Waals surface area contributed by atoms with E-state index in [4.69, 9.17) is 4.74 Å². The number of sulfonamides is 1. The lowest BCUT2D eigenvalue weighted by Crippen LogP contribution is -2.39. The number of hydrogen-bond acceptors (Lipinski definition) is 6. The third-order valence-corrected chi connectivity index (χ3v) is 6.55. The molecule has 2 aromatic rings. The Morgan fingerprint density at radius 3 is 2.49 bits per heavy atom. The van der Waals surface area contributed by atoms with Crippen LogP contribution in [0.3, 0.4) is 0 Å². The highest BCUT2D eigenvalue weighted by atomic mass is 32.2. The lowest BCUT2D eigenvalue weighted by atomic mass is 9.95. The van der Waals surface area contributed by atoms with Crippen LogP contribution in [0.2, 0.25) is 0 Å². The van der Waals surface area contributed by atoms with Crippen molar-refractivity contribution in [2.24, 2.45) is 5.10 Å². The van der Waals surface area contributed by atoms with Crippen LogP contribution >= 0.6 is 0 Å². The van der Waals surface area contributed by atoms with Gasteiger partial charge in [-0.3, -0.25) is 13.9 Å². The average Bonchev–Trinajstić information content (AvgIpc) is 2.82. The van der Waals surface area contributed by atoms with Gasteiger partial charge in [0.25, 0.3) is 11.8 Å². The summed E-state index contributed by atoms with van der Waals surface area (Å²) in [6.45, 7) is -0.628. The first kappa shape index (κ1) is 26.1. The highest BCUT2D eigenvalue weighted by Gasteiger charge is 2.21. The van der Waals surface area contributed by atoms with E-state index in [2.05, 4.69) is 15.8 Å². The van der Waals surface area contributed by atoms with E-state index in [0.29, 0.717) is 11.3 Å². The highest BCUT2D eigenvalue weighted by molar-refractivity contribution is 7.92. The third kappa shape index (κ3) is 8.67. The summed E-state index contributed by atoms with van der Waals surface area (Å²) in [7, 11) is -3.82. The first-order chi connectivity index (χ1) is 16.7. The van der Waals surface area contributed by atoms with Crippen LogP contribution in [0, 0.1) is 5.82 Å². The van der Waals surface area contributed by atoms with E-state index >= 15 is 0 Å². The molecule has 11 heteroatoms. The summed E-state index contributed by atoms with van der Waals surface area (Å²) < 4.78 is 43.9. The van der Waals surface area contributed by atoms with E-state index in [-0.39, 0.29) is 24.2 Å². The lowest BCUT2D eigenvalue weighted by molar-refractivity contribution is -0.124. The van der Waals surface area contributed by atoms with Gasteiger partial charge in [0.1, 0.15) is 18.1 Å². The summed E-state index contributed by atoms with van der Waals surface area (Å²) in [6, 6.07) is 11.9. The van der Waals surface area contributed by atoms with E-state index < -0.39 is 28.3 Å². The van der Waals surface area contributed by atoms with Crippen molar-refractivity contribution < 1.29 is 27.1 Å². The number of halogens is 1. The molecule has 2 N–H and O–H groups in total. The molecule has 1 aliphatic rings. The van der Waals surface area contributed by atoms with Crippen LogP contribution in [0.5, 0.6) is 5.75 Å². The van der Waals surface area contributed by atoms with Gasteiger partial charge in [-0.2, -0.15) is 5.10 Å². The van der Waals surface area contributed by atoms with Gasteiger partial charge in [0.15, 0.2) is 6.61 Å². The largest absolute Gasteiger partial charge is 0.484 e. The minimum Gasteiger partial charge on any atom is -0.484 e. The van der Waals surface area contributed by atoms with E-state index in [1.165, 1.54) is 30.8 Å². The molecule has 9 nitrogen and oxygen atoms in total. The van der Waals surface area contributed by atoms with Crippen LogP contribution in [0.1, 0.15) is 37.7 Å². The topological polar surface area (TPSA) is 117 Å². The summed E-state index contributed by atoms with van der Waals surface area (Å²) in [5.41, 5.74) is 2.94. The van der Waals surface area contributed by atoms with Crippen molar-refractivity contribution in [1.29, 1.82) is 0 Å². The van der Waals surface area contributed by atoms with Crippen LogP contribution in [0.4, 0.5) is 10.1 Å². The van der Waals surface area contributed by atoms with Gasteiger partial charge in [0, 0.05) is 6.04 Å². The molecule has 35 heavy (non-hydrogen) atoms. The summed E-state index contributed by atoms with van der Waals surface area (Å²) in [5.74, 6) is -0.942. The Labute approximate surface area is 204 Å². The molecule has 0 atom stereocenters. The Bertz CT molecular complexity index is 1150. The molecule has 1 saturated carbocycles. The zero-order valence-electron chi connectivity index (χ0n) is 19.4. The fourth-order valence-electron chi connectivity index (χ4n) is 3.69. The van der Waals surface area contributed by atoms with Crippen LogP contribution in [0.15, 0.2) is 53.6 Å². The Balaban J connectivity index is 1.47. The Morgan fingerprint density at radius 2 is 1.83 bits per heavy atom. The molecule has 0 radical (unpaired) electrons. The Kier molecular flexibility index (Phi) is 9.18. The molecule has 1 fully saturated rings. The normalized spacial score (nSPS) is 14.5. The summed E-state index contributed by atoms with van der Waals surface area (Å²) >= 11 is 0. The van der Waals surface area contributed by atoms with Crippen molar-refractivity contribution >= 4 is 33.7 Å². The quantitative estimate of drug-likeness (QED) is 0.381. The first-order valence-corrected chi connectivity index (χ1v) is 13.1. The second-order valence-electron chi connectivity index (χ2n) is 8.30. The number of nitrogens with one attached hydrogen (secondary N) is 2. The minimum absolute atomic E-state index is 0.0367. The standard InChI is InChI=1S/C24H29FN4O5S/c1-35(32,33)29(21-9-5-6-19(25)14-21)16-23(30)28-26-15-18-10-12-22(13-11-18)34-17-24(31)27-20-7-3-2-4-8-20/h5-6,9-15,20H,2-4,7-8,16-17H2,1H3,(H,27,31)(H,28,30)/b26-15-. The lowest BCUT2D eigenvalue weighted by Gasteiger charge is -2.22. The monoisotopic (exact) mass is 504 g/mol. The van der Waals surface area contributed by atoms with Crippen LogP contribution in [-0.4, -0.2) is 51.9 Å². The molecule has 2 amide bonds. The van der Waals surface area contributed by atoms with Gasteiger partial charge in [-0.25, -0.2) is 18.2 Å². The maximum atomic E-state index is 13.5. The van der Waals surface area contributed by atoms with Gasteiger partial charge in [0.2, 0.25) is 10.0 Å². The van der Waals surface area contributed by atoms with Crippen molar-refractivity contribution in [3.63, 3.8) is 0 Å². The van der Waals surface area contributed by atoms with Gasteiger partial charge < -0.3 is 10.1 Å². The fourth-order valence-corrected chi connectivity index (χ4v) is 4.54. The molecule has 0 spiro atoms. The zero-order chi connectivity index (χ0) is 25.3. The number of amides is 2. The Morgan fingerprint density at radius 1 is 1.11 bits per heavy atom. The van der Waals surface area contributed by atoms with Gasteiger partial charge in [-0.15, -0.1) is 0 Å². The number of rotatable bonds is 10. The number of ether oxygens (including phenoxy) is 1. The molecular formula is C24H29FN4O5S. The smallest absolute Gasteiger partial charge is 0.260 e. The van der Waals surface area contributed by atoms with Crippen molar-refractivity contribution in [3.05, 3.63) is 59.9 Å². The number of carbonyl (C=O) groups excluding carboxylic acids is 2. The van der Waals surface area contributed by atoms with Crippen molar-refractivity contribution in [3.8, 4) is 5.75 Å². The molecule has 0 aromatic heterocycles. The number of carbonyl (C=O) groups is 2. The predicted molar refractivity (Wildman–Crippen MR) is 131 cm³/mol. The van der Waals surface area contributed by atoms with E-state index in [1.54, 1.807) is 24.3 Å². The van der Waals surface area contributed by atoms with Crippen LogP contribution in [-0.2, 0) is 19.6 Å². The Hall–Kier alpha value is -3.47. The van der Waals surface area contributed by atoms with Gasteiger partial charge in [0.05, 0.1) is 18.2 Å². The molecule has 188 valence electrons. The fraction of sp³-hybridized carbons (Fsp3) is 0.375. The van der Waals surface area contributed by atoms with Gasteiger partial charge in [-0.1, -0.05) is 25.3 Å². The summed E-state index contributed by atoms with van der Waals surface area (Å²) in [4.78, 5) is 24.3. The first-order valence-electron chi connectivity index (χ1n) is 11.3. The van der Waals surface area contributed by atoms with Crippen LogP contribution in [0.25, 0.3) is 0 Å². The molecule has 0 unspecified atom stereocenters. The second kappa shape index (κ2) is 12.3. The van der Waals surface area contributed by atoms with Gasteiger partial charge >= 0.3 is 0 Å². The number of benzene rings is 2. The van der Waals surface area contributed by atoms with E-state index in [1.807, 2.05) is 0 Å². The van der Waals surface area contributed by atoms with E-state index in [0.717, 1.165) is 42.3 Å². The molecule has 3 rings (SSSR count). The number of anilines is 1. The van der Waals surface area contributed by atoms with Gasteiger partial charge in [-0.05, 0) is 60.9 Å². The maximum Gasteiger partial charge on any atom is 0.260 e. The number of nitrogens with zero attached hydrogens (tertiary/aromatic N) is 2. The maximum absolute atomic E-state index is 13.5. The van der Waals surface area contributed by atoms with Crippen molar-refractivity contribution in [2.45, 2.75) is 38.1 Å². The second-order valence-corrected chi connectivity index (χ2v) is 10.2. The van der Waals surface area contributed by atoms with Crippen molar-refractivity contribution in [2.75, 3.05) is 23.7 Å². The number of hydrogen-bond donors (Lipinski definition) is 2. The molecular weight excluding hydrogens is 475 g/mol. The van der Waals surface area contributed by atoms with Crippen molar-refractivity contribution in [1.82, 2.24) is 10.7 Å².